The van der Waals surface area contributed by atoms with Gasteiger partial charge in [-0.05, 0) is 23.3 Å². The monoisotopic (exact) mass is 373 g/mol. The normalized spacial score (nSPS) is 10.8. The number of nitrogens with zero attached hydrogens (tertiary/aromatic N) is 3. The number of aromatic nitrogens is 2. The Morgan fingerprint density at radius 1 is 1.12 bits per heavy atom. The van der Waals surface area contributed by atoms with Crippen molar-refractivity contribution in [3.63, 3.8) is 0 Å². The van der Waals surface area contributed by atoms with E-state index in [1.807, 2.05) is 4.57 Å². The number of benzene rings is 2. The summed E-state index contributed by atoms with van der Waals surface area (Å²) in [5.41, 5.74) is 2.46. The van der Waals surface area contributed by atoms with E-state index in [0.717, 1.165) is 16.3 Å². The van der Waals surface area contributed by atoms with Crippen LogP contribution in [0.2, 0.25) is 0 Å². The SMILES string of the molecule is O=[N+]([O-])c1ccc(CSc2nc(CO)cn2Cc2ccc(F)cc2)cc1. The number of aliphatic hydroxyl groups excluding tert-OH is 1. The molecule has 0 atom stereocenters. The molecule has 0 bridgehead atoms. The molecule has 134 valence electrons. The van der Waals surface area contributed by atoms with Crippen molar-refractivity contribution in [3.8, 4) is 0 Å². The number of nitro groups is 1. The Bertz CT molecular complexity index is 895. The Labute approximate surface area is 153 Å². The van der Waals surface area contributed by atoms with Crippen molar-refractivity contribution in [1.29, 1.82) is 0 Å². The maximum atomic E-state index is 13.1. The molecule has 0 aliphatic heterocycles. The van der Waals surface area contributed by atoms with Crippen molar-refractivity contribution in [1.82, 2.24) is 9.55 Å². The van der Waals surface area contributed by atoms with Gasteiger partial charge in [0.2, 0.25) is 0 Å². The minimum Gasteiger partial charge on any atom is -0.390 e. The van der Waals surface area contributed by atoms with Gasteiger partial charge < -0.3 is 9.67 Å². The molecule has 1 aromatic heterocycles. The van der Waals surface area contributed by atoms with Crippen LogP contribution in [-0.2, 0) is 18.9 Å². The van der Waals surface area contributed by atoms with Crippen LogP contribution in [-0.4, -0.2) is 19.6 Å². The summed E-state index contributed by atoms with van der Waals surface area (Å²) in [5.74, 6) is 0.298. The maximum absolute atomic E-state index is 13.1. The van der Waals surface area contributed by atoms with Crippen LogP contribution in [0.3, 0.4) is 0 Å². The van der Waals surface area contributed by atoms with E-state index in [4.69, 9.17) is 0 Å². The van der Waals surface area contributed by atoms with Gasteiger partial charge in [0.05, 0.1) is 17.2 Å². The molecular formula is C18H16FN3O3S. The number of thioether (sulfide) groups is 1. The summed E-state index contributed by atoms with van der Waals surface area (Å²) in [6.07, 6.45) is 1.77. The van der Waals surface area contributed by atoms with E-state index in [1.165, 1.54) is 36.0 Å². The van der Waals surface area contributed by atoms with Crippen LogP contribution in [0.4, 0.5) is 10.1 Å². The average Bonchev–Trinajstić information content (AvgIpc) is 3.04. The summed E-state index contributed by atoms with van der Waals surface area (Å²) in [6, 6.07) is 12.6. The van der Waals surface area contributed by atoms with Gasteiger partial charge in [-0.2, -0.15) is 0 Å². The first-order valence-electron chi connectivity index (χ1n) is 7.82. The molecule has 0 aliphatic carbocycles. The third kappa shape index (κ3) is 4.47. The molecular weight excluding hydrogens is 357 g/mol. The van der Waals surface area contributed by atoms with E-state index in [2.05, 4.69) is 4.98 Å². The fourth-order valence-corrected chi connectivity index (χ4v) is 3.36. The molecule has 3 rings (SSSR count). The second kappa shape index (κ2) is 8.11. The van der Waals surface area contributed by atoms with E-state index < -0.39 is 4.92 Å². The maximum Gasteiger partial charge on any atom is 0.269 e. The van der Waals surface area contributed by atoms with Crippen LogP contribution in [0, 0.1) is 15.9 Å². The highest BCUT2D eigenvalue weighted by Gasteiger charge is 2.10. The smallest absolute Gasteiger partial charge is 0.269 e. The number of hydrogen-bond donors (Lipinski definition) is 1. The van der Waals surface area contributed by atoms with Crippen LogP contribution in [0.5, 0.6) is 0 Å². The van der Waals surface area contributed by atoms with Gasteiger partial charge in [0.1, 0.15) is 5.82 Å². The van der Waals surface area contributed by atoms with Gasteiger partial charge in [0.15, 0.2) is 5.16 Å². The van der Waals surface area contributed by atoms with Gasteiger partial charge in [0, 0.05) is 30.6 Å². The van der Waals surface area contributed by atoms with E-state index >= 15 is 0 Å². The summed E-state index contributed by atoms with van der Waals surface area (Å²) in [5, 5.41) is 20.8. The Kier molecular flexibility index (Phi) is 5.65. The third-order valence-electron chi connectivity index (χ3n) is 3.73. The molecule has 26 heavy (non-hydrogen) atoms. The Morgan fingerprint density at radius 3 is 2.38 bits per heavy atom. The van der Waals surface area contributed by atoms with Gasteiger partial charge in [0.25, 0.3) is 5.69 Å². The Hall–Kier alpha value is -2.71. The quantitative estimate of drug-likeness (QED) is 0.387. The second-order valence-corrected chi connectivity index (χ2v) is 6.58. The number of nitro benzene ring substituents is 1. The van der Waals surface area contributed by atoms with Gasteiger partial charge in [-0.3, -0.25) is 10.1 Å². The molecule has 1 N–H and O–H groups in total. The summed E-state index contributed by atoms with van der Waals surface area (Å²) in [6.45, 7) is 0.345. The van der Waals surface area contributed by atoms with Crippen molar-refractivity contribution in [3.05, 3.63) is 87.5 Å². The summed E-state index contributed by atoms with van der Waals surface area (Å²) < 4.78 is 14.9. The number of hydrogen-bond acceptors (Lipinski definition) is 5. The zero-order valence-electron chi connectivity index (χ0n) is 13.7. The lowest BCUT2D eigenvalue weighted by Gasteiger charge is -2.08. The minimum atomic E-state index is -0.431. The van der Waals surface area contributed by atoms with Crippen molar-refractivity contribution in [2.24, 2.45) is 0 Å². The number of halogens is 1. The number of non-ortho nitro benzene ring substituents is 1. The first kappa shape index (κ1) is 18.1. The Morgan fingerprint density at radius 2 is 1.77 bits per heavy atom. The number of imidazole rings is 1. The lowest BCUT2D eigenvalue weighted by molar-refractivity contribution is -0.384. The van der Waals surface area contributed by atoms with Crippen LogP contribution >= 0.6 is 11.8 Å². The standard InChI is InChI=1S/C18H16FN3O3S/c19-15-5-1-13(2-6-15)9-21-10-16(11-23)20-18(21)26-12-14-3-7-17(8-4-14)22(24)25/h1-8,10,23H,9,11-12H2. The summed E-state index contributed by atoms with van der Waals surface area (Å²) >= 11 is 1.47. The molecule has 3 aromatic rings. The van der Waals surface area contributed by atoms with Crippen LogP contribution in [0.1, 0.15) is 16.8 Å². The van der Waals surface area contributed by atoms with Crippen LogP contribution in [0.25, 0.3) is 0 Å². The summed E-state index contributed by atoms with van der Waals surface area (Å²) in [4.78, 5) is 14.7. The molecule has 6 nitrogen and oxygen atoms in total. The van der Waals surface area contributed by atoms with Crippen LogP contribution in [0.15, 0.2) is 59.9 Å². The van der Waals surface area contributed by atoms with E-state index in [0.29, 0.717) is 18.0 Å². The molecule has 0 unspecified atom stereocenters. The first-order valence-corrected chi connectivity index (χ1v) is 8.81. The minimum absolute atomic E-state index is 0.0547. The van der Waals surface area contributed by atoms with Gasteiger partial charge in [-0.1, -0.05) is 36.0 Å². The topological polar surface area (TPSA) is 81.2 Å². The predicted octanol–water partition coefficient (Wildman–Crippen LogP) is 3.76. The molecule has 0 saturated carbocycles. The van der Waals surface area contributed by atoms with Gasteiger partial charge in [-0.25, -0.2) is 9.37 Å². The van der Waals surface area contributed by atoms with Gasteiger partial charge >= 0.3 is 0 Å². The number of aliphatic hydroxyl groups is 1. The van der Waals surface area contributed by atoms with E-state index in [-0.39, 0.29) is 18.1 Å². The average molecular weight is 373 g/mol. The molecule has 0 radical (unpaired) electrons. The fraction of sp³-hybridized carbons (Fsp3) is 0.167. The molecule has 0 saturated heterocycles. The highest BCUT2D eigenvalue weighted by atomic mass is 32.2. The third-order valence-corrected chi connectivity index (χ3v) is 4.79. The molecule has 1 heterocycles. The largest absolute Gasteiger partial charge is 0.390 e. The number of rotatable bonds is 7. The highest BCUT2D eigenvalue weighted by molar-refractivity contribution is 7.98. The molecule has 0 spiro atoms. The van der Waals surface area contributed by atoms with E-state index in [1.54, 1.807) is 30.5 Å². The second-order valence-electron chi connectivity index (χ2n) is 5.64. The van der Waals surface area contributed by atoms with Gasteiger partial charge in [-0.15, -0.1) is 0 Å². The zero-order valence-corrected chi connectivity index (χ0v) is 14.5. The van der Waals surface area contributed by atoms with Crippen molar-refractivity contribution < 1.29 is 14.4 Å². The molecule has 8 heteroatoms. The molecule has 0 aliphatic rings. The highest BCUT2D eigenvalue weighted by Crippen LogP contribution is 2.24. The zero-order chi connectivity index (χ0) is 18.5. The lowest BCUT2D eigenvalue weighted by atomic mass is 10.2. The Balaban J connectivity index is 1.73. The summed E-state index contributed by atoms with van der Waals surface area (Å²) in [7, 11) is 0. The van der Waals surface area contributed by atoms with Crippen molar-refractivity contribution in [2.75, 3.05) is 0 Å². The van der Waals surface area contributed by atoms with Crippen molar-refractivity contribution in [2.45, 2.75) is 24.1 Å². The first-order chi connectivity index (χ1) is 12.5. The fourth-order valence-electron chi connectivity index (χ4n) is 2.40. The lowest BCUT2D eigenvalue weighted by Crippen LogP contribution is -2.00. The predicted molar refractivity (Wildman–Crippen MR) is 96.3 cm³/mol. The molecule has 0 amide bonds. The molecule has 2 aromatic carbocycles. The van der Waals surface area contributed by atoms with Crippen LogP contribution < -0.4 is 0 Å². The van der Waals surface area contributed by atoms with E-state index in [9.17, 15) is 19.6 Å². The molecule has 0 fully saturated rings. The van der Waals surface area contributed by atoms with Crippen molar-refractivity contribution >= 4 is 17.4 Å².